The van der Waals surface area contributed by atoms with Crippen molar-refractivity contribution in [2.24, 2.45) is 0 Å². The summed E-state index contributed by atoms with van der Waals surface area (Å²) in [4.78, 5) is 23.4. The maximum atomic E-state index is 11.7. The average molecular weight is 274 g/mol. The molecule has 7 heteroatoms. The van der Waals surface area contributed by atoms with Gasteiger partial charge in [0.1, 0.15) is 0 Å². The number of hydrogen-bond donors (Lipinski definition) is 2. The molecule has 2 aromatic rings. The minimum Gasteiger partial charge on any atom is -0.459 e. The Kier molecular flexibility index (Phi) is 4.09. The van der Waals surface area contributed by atoms with Crippen molar-refractivity contribution in [2.75, 3.05) is 5.32 Å². The van der Waals surface area contributed by atoms with Crippen LogP contribution in [-0.4, -0.2) is 33.4 Å². The molecule has 2 N–H and O–H groups in total. The molecule has 0 atom stereocenters. The summed E-state index contributed by atoms with van der Waals surface area (Å²) in [6.45, 7) is 3.56. The van der Waals surface area contributed by atoms with Gasteiger partial charge in [0.05, 0.1) is 17.9 Å². The number of aromatic nitrogens is 3. The SMILES string of the molecule is CC(C)OC(=O)c1ccc(NC(=O)c2cn[nH]n2)cc1. The Labute approximate surface area is 115 Å². The van der Waals surface area contributed by atoms with E-state index in [1.807, 2.05) is 0 Å². The lowest BCUT2D eigenvalue weighted by Crippen LogP contribution is -2.13. The van der Waals surface area contributed by atoms with Crippen LogP contribution in [-0.2, 0) is 4.74 Å². The number of carbonyl (C=O) groups is 2. The van der Waals surface area contributed by atoms with Crippen LogP contribution < -0.4 is 5.32 Å². The highest BCUT2D eigenvalue weighted by Crippen LogP contribution is 2.12. The number of esters is 1. The molecule has 0 aliphatic heterocycles. The van der Waals surface area contributed by atoms with Crippen LogP contribution in [0.1, 0.15) is 34.7 Å². The van der Waals surface area contributed by atoms with Gasteiger partial charge < -0.3 is 10.1 Å². The number of amides is 1. The predicted molar refractivity (Wildman–Crippen MR) is 71.3 cm³/mol. The minimum atomic E-state index is -0.394. The predicted octanol–water partition coefficient (Wildman–Crippen LogP) is 1.62. The molecule has 0 saturated heterocycles. The molecule has 0 aliphatic carbocycles. The van der Waals surface area contributed by atoms with Gasteiger partial charge in [-0.05, 0) is 38.1 Å². The molecule has 0 aliphatic rings. The fourth-order valence-corrected chi connectivity index (χ4v) is 1.48. The van der Waals surface area contributed by atoms with Crippen LogP contribution in [0.15, 0.2) is 30.5 Å². The number of H-pyrrole nitrogens is 1. The van der Waals surface area contributed by atoms with Crippen molar-refractivity contribution >= 4 is 17.6 Å². The lowest BCUT2D eigenvalue weighted by Gasteiger charge is -2.08. The molecular formula is C13H14N4O3. The van der Waals surface area contributed by atoms with Crippen LogP contribution in [0.5, 0.6) is 0 Å². The molecule has 1 aromatic heterocycles. The number of anilines is 1. The third-order valence-electron chi connectivity index (χ3n) is 2.37. The van der Waals surface area contributed by atoms with Gasteiger partial charge in [-0.2, -0.15) is 15.4 Å². The molecule has 0 saturated carbocycles. The molecule has 1 heterocycles. The van der Waals surface area contributed by atoms with E-state index in [1.54, 1.807) is 38.1 Å². The first kappa shape index (κ1) is 13.7. The minimum absolute atomic E-state index is 0.172. The van der Waals surface area contributed by atoms with Crippen LogP contribution in [0.3, 0.4) is 0 Å². The van der Waals surface area contributed by atoms with Crippen molar-refractivity contribution in [1.29, 1.82) is 0 Å². The molecular weight excluding hydrogens is 260 g/mol. The molecule has 0 spiro atoms. The summed E-state index contributed by atoms with van der Waals surface area (Å²) in [6.07, 6.45) is 1.15. The third-order valence-corrected chi connectivity index (χ3v) is 2.37. The van der Waals surface area contributed by atoms with Gasteiger partial charge in [-0.15, -0.1) is 0 Å². The van der Waals surface area contributed by atoms with Crippen LogP contribution in [0, 0.1) is 0 Å². The summed E-state index contributed by atoms with van der Waals surface area (Å²) in [6, 6.07) is 6.41. The second-order valence-electron chi connectivity index (χ2n) is 4.34. The first-order valence-electron chi connectivity index (χ1n) is 6.04. The zero-order valence-corrected chi connectivity index (χ0v) is 11.1. The van der Waals surface area contributed by atoms with Crippen molar-refractivity contribution in [1.82, 2.24) is 15.4 Å². The molecule has 0 fully saturated rings. The zero-order chi connectivity index (χ0) is 14.5. The van der Waals surface area contributed by atoms with E-state index in [2.05, 4.69) is 20.7 Å². The highest BCUT2D eigenvalue weighted by molar-refractivity contribution is 6.02. The summed E-state index contributed by atoms with van der Waals surface area (Å²) in [5, 5.41) is 12.2. The largest absolute Gasteiger partial charge is 0.459 e. The summed E-state index contributed by atoms with van der Waals surface area (Å²) in [7, 11) is 0. The molecule has 20 heavy (non-hydrogen) atoms. The fraction of sp³-hybridized carbons (Fsp3) is 0.231. The molecule has 1 aromatic carbocycles. The summed E-state index contributed by atoms with van der Waals surface area (Å²) in [5.41, 5.74) is 1.17. The fourth-order valence-electron chi connectivity index (χ4n) is 1.48. The lowest BCUT2D eigenvalue weighted by atomic mass is 10.2. The van der Waals surface area contributed by atoms with Gasteiger partial charge >= 0.3 is 5.97 Å². The highest BCUT2D eigenvalue weighted by atomic mass is 16.5. The van der Waals surface area contributed by atoms with Gasteiger partial charge in [0.2, 0.25) is 0 Å². The highest BCUT2D eigenvalue weighted by Gasteiger charge is 2.11. The van der Waals surface area contributed by atoms with Gasteiger partial charge in [0, 0.05) is 5.69 Å². The van der Waals surface area contributed by atoms with Gasteiger partial charge in [-0.1, -0.05) is 0 Å². The Morgan fingerprint density at radius 2 is 1.95 bits per heavy atom. The van der Waals surface area contributed by atoms with E-state index in [0.717, 1.165) is 0 Å². The van der Waals surface area contributed by atoms with Gasteiger partial charge in [0.15, 0.2) is 5.69 Å². The van der Waals surface area contributed by atoms with Crippen LogP contribution in [0.2, 0.25) is 0 Å². The molecule has 0 unspecified atom stereocenters. The Bertz CT molecular complexity index is 591. The number of nitrogens with zero attached hydrogens (tertiary/aromatic N) is 2. The second kappa shape index (κ2) is 5.96. The number of nitrogens with one attached hydrogen (secondary N) is 2. The van der Waals surface area contributed by atoms with Gasteiger partial charge in [-0.25, -0.2) is 4.79 Å². The van der Waals surface area contributed by atoms with Crippen LogP contribution >= 0.6 is 0 Å². The normalized spacial score (nSPS) is 10.3. The molecule has 2 rings (SSSR count). The van der Waals surface area contributed by atoms with Gasteiger partial charge in [-0.3, -0.25) is 4.79 Å². The molecule has 0 radical (unpaired) electrons. The van der Waals surface area contributed by atoms with Crippen LogP contribution in [0.25, 0.3) is 0 Å². The average Bonchev–Trinajstić information content (AvgIpc) is 2.92. The van der Waals surface area contributed by atoms with E-state index in [-0.39, 0.29) is 17.7 Å². The number of hydrogen-bond acceptors (Lipinski definition) is 5. The Morgan fingerprint density at radius 1 is 1.25 bits per heavy atom. The van der Waals surface area contributed by atoms with E-state index in [9.17, 15) is 9.59 Å². The Hall–Kier alpha value is -2.70. The lowest BCUT2D eigenvalue weighted by molar-refractivity contribution is 0.0378. The quantitative estimate of drug-likeness (QED) is 0.826. The number of benzene rings is 1. The Morgan fingerprint density at radius 3 is 2.50 bits per heavy atom. The zero-order valence-electron chi connectivity index (χ0n) is 11.1. The van der Waals surface area contributed by atoms with Crippen molar-refractivity contribution in [3.05, 3.63) is 41.7 Å². The second-order valence-corrected chi connectivity index (χ2v) is 4.34. The van der Waals surface area contributed by atoms with E-state index in [0.29, 0.717) is 11.3 Å². The number of aromatic amines is 1. The monoisotopic (exact) mass is 274 g/mol. The first-order chi connectivity index (χ1) is 9.56. The van der Waals surface area contributed by atoms with Crippen LogP contribution in [0.4, 0.5) is 5.69 Å². The maximum absolute atomic E-state index is 11.7. The first-order valence-corrected chi connectivity index (χ1v) is 6.04. The standard InChI is InChI=1S/C13H14N4O3/c1-8(2)20-13(19)9-3-5-10(6-4-9)15-12(18)11-7-14-17-16-11/h3-8H,1-2H3,(H,15,18)(H,14,16,17). The summed E-state index contributed by atoms with van der Waals surface area (Å²) < 4.78 is 5.07. The number of ether oxygens (including phenoxy) is 1. The topological polar surface area (TPSA) is 97.0 Å². The van der Waals surface area contributed by atoms with E-state index in [4.69, 9.17) is 4.74 Å². The van der Waals surface area contributed by atoms with Crippen molar-refractivity contribution in [2.45, 2.75) is 20.0 Å². The molecule has 0 bridgehead atoms. The summed E-state index contributed by atoms with van der Waals surface area (Å²) in [5.74, 6) is -0.773. The summed E-state index contributed by atoms with van der Waals surface area (Å²) >= 11 is 0. The molecule has 104 valence electrons. The van der Waals surface area contributed by atoms with E-state index < -0.39 is 5.97 Å². The molecule has 1 amide bonds. The number of carbonyl (C=O) groups excluding carboxylic acids is 2. The molecule has 7 nitrogen and oxygen atoms in total. The van der Waals surface area contributed by atoms with E-state index in [1.165, 1.54) is 6.20 Å². The maximum Gasteiger partial charge on any atom is 0.338 e. The van der Waals surface area contributed by atoms with E-state index >= 15 is 0 Å². The van der Waals surface area contributed by atoms with Crippen molar-refractivity contribution in [3.63, 3.8) is 0 Å². The van der Waals surface area contributed by atoms with Crippen molar-refractivity contribution in [3.8, 4) is 0 Å². The Balaban J connectivity index is 2.01. The van der Waals surface area contributed by atoms with Gasteiger partial charge in [0.25, 0.3) is 5.91 Å². The number of rotatable bonds is 4. The van der Waals surface area contributed by atoms with Crippen molar-refractivity contribution < 1.29 is 14.3 Å². The smallest absolute Gasteiger partial charge is 0.338 e. The third kappa shape index (κ3) is 3.41.